The summed E-state index contributed by atoms with van der Waals surface area (Å²) in [4.78, 5) is 8.61. The average Bonchev–Trinajstić information content (AvgIpc) is 3.01. The van der Waals surface area contributed by atoms with Crippen LogP contribution >= 0.6 is 11.8 Å². The third-order valence-corrected chi connectivity index (χ3v) is 5.30. The van der Waals surface area contributed by atoms with Gasteiger partial charge in [0, 0.05) is 4.90 Å². The fourth-order valence-electron chi connectivity index (χ4n) is 2.68. The second-order valence-electron chi connectivity index (χ2n) is 6.00. The maximum atomic E-state index is 10.6. The Bertz CT molecular complexity index is 965. The van der Waals surface area contributed by atoms with Gasteiger partial charge in [0.25, 0.3) is 0 Å². The van der Waals surface area contributed by atoms with Gasteiger partial charge in [-0.3, -0.25) is 0 Å². The fraction of sp³-hybridized carbons (Fsp3) is 0.200. The molecule has 0 fully saturated rings. The van der Waals surface area contributed by atoms with Gasteiger partial charge in [0.15, 0.2) is 5.82 Å². The largest absolute Gasteiger partial charge is 0.510 e. The summed E-state index contributed by atoms with van der Waals surface area (Å²) in [7, 11) is 0. The molecule has 1 atom stereocenters. The Balaban J connectivity index is 1.93. The molecular formula is C20H19N3OS. The Morgan fingerprint density at radius 2 is 2.00 bits per heavy atom. The van der Waals surface area contributed by atoms with E-state index in [1.165, 1.54) is 17.3 Å². The van der Waals surface area contributed by atoms with Crippen LogP contribution in [0.3, 0.4) is 0 Å². The topological polar surface area (TPSA) is 72.7 Å². The van der Waals surface area contributed by atoms with Crippen LogP contribution in [-0.2, 0) is 0 Å². The number of thioether (sulfide) groups is 1. The number of aromatic amines is 1. The van der Waals surface area contributed by atoms with E-state index in [-0.39, 0.29) is 16.6 Å². The molecule has 4 nitrogen and oxygen atoms in total. The normalized spacial score (nSPS) is 13.4. The first-order valence-electron chi connectivity index (χ1n) is 8.02. The Labute approximate surface area is 151 Å². The van der Waals surface area contributed by atoms with E-state index in [1.54, 1.807) is 0 Å². The number of nitrogens with zero attached hydrogens (tertiary/aromatic N) is 2. The number of para-hydroxylation sites is 2. The van der Waals surface area contributed by atoms with Crippen LogP contribution in [0.15, 0.2) is 53.1 Å². The van der Waals surface area contributed by atoms with E-state index in [4.69, 9.17) is 0 Å². The lowest BCUT2D eigenvalue weighted by atomic mass is 10.2. The molecule has 3 aromatic rings. The predicted octanol–water partition coefficient (Wildman–Crippen LogP) is 5.15. The van der Waals surface area contributed by atoms with Gasteiger partial charge in [-0.2, -0.15) is 5.26 Å². The second kappa shape index (κ2) is 7.04. The first-order chi connectivity index (χ1) is 12.0. The van der Waals surface area contributed by atoms with E-state index in [9.17, 15) is 10.4 Å². The van der Waals surface area contributed by atoms with Crippen LogP contribution in [0, 0.1) is 25.2 Å². The van der Waals surface area contributed by atoms with E-state index in [0.29, 0.717) is 5.82 Å². The highest BCUT2D eigenvalue weighted by atomic mass is 32.2. The van der Waals surface area contributed by atoms with Gasteiger partial charge >= 0.3 is 0 Å². The quantitative estimate of drug-likeness (QED) is 0.388. The van der Waals surface area contributed by atoms with Crippen molar-refractivity contribution in [1.29, 1.82) is 5.26 Å². The van der Waals surface area contributed by atoms with Crippen molar-refractivity contribution in [3.63, 3.8) is 0 Å². The van der Waals surface area contributed by atoms with Gasteiger partial charge in [0.1, 0.15) is 17.4 Å². The number of hydrogen-bond acceptors (Lipinski definition) is 4. The molecule has 1 heterocycles. The van der Waals surface area contributed by atoms with Gasteiger partial charge in [0.2, 0.25) is 0 Å². The molecule has 0 radical (unpaired) electrons. The number of allylic oxidation sites excluding steroid dienone is 1. The van der Waals surface area contributed by atoms with Crippen molar-refractivity contribution in [1.82, 2.24) is 9.97 Å². The summed E-state index contributed by atoms with van der Waals surface area (Å²) in [6, 6.07) is 15.9. The van der Waals surface area contributed by atoms with Crippen molar-refractivity contribution in [3.05, 3.63) is 65.2 Å². The minimum Gasteiger partial charge on any atom is -0.510 e. The number of rotatable bonds is 4. The SMILES string of the molecule is Cc1ccc(SC(C)/C(O)=C(\C#N)c2nc3ccccc3[nH]2)c(C)c1. The Kier molecular flexibility index (Phi) is 4.82. The molecule has 5 heteroatoms. The molecule has 2 aromatic carbocycles. The zero-order valence-electron chi connectivity index (χ0n) is 14.4. The third-order valence-electron chi connectivity index (χ3n) is 4.01. The number of aromatic nitrogens is 2. The standard InChI is InChI=1S/C20H19N3OS/c1-12-8-9-18(13(2)10-12)25-14(3)19(24)15(11-21)20-22-16-6-4-5-7-17(16)23-20/h4-10,14,24H,1-3H3,(H,22,23)/b19-15-. The molecule has 0 saturated heterocycles. The van der Waals surface area contributed by atoms with E-state index < -0.39 is 0 Å². The Morgan fingerprint density at radius 1 is 1.24 bits per heavy atom. The third kappa shape index (κ3) is 3.54. The van der Waals surface area contributed by atoms with Crippen molar-refractivity contribution in [2.24, 2.45) is 0 Å². The Morgan fingerprint density at radius 3 is 2.68 bits per heavy atom. The van der Waals surface area contributed by atoms with Crippen LogP contribution in [0.2, 0.25) is 0 Å². The lowest BCUT2D eigenvalue weighted by molar-refractivity contribution is 0.402. The summed E-state index contributed by atoms with van der Waals surface area (Å²) in [6.45, 7) is 5.99. The highest BCUT2D eigenvalue weighted by molar-refractivity contribution is 8.00. The number of nitrogens with one attached hydrogen (secondary N) is 1. The van der Waals surface area contributed by atoms with Crippen LogP contribution in [-0.4, -0.2) is 20.3 Å². The maximum absolute atomic E-state index is 10.6. The summed E-state index contributed by atoms with van der Waals surface area (Å²) >= 11 is 1.53. The summed E-state index contributed by atoms with van der Waals surface area (Å²) < 4.78 is 0. The number of fused-ring (bicyclic) bond motifs is 1. The van der Waals surface area contributed by atoms with E-state index >= 15 is 0 Å². The van der Waals surface area contributed by atoms with E-state index in [2.05, 4.69) is 29.0 Å². The van der Waals surface area contributed by atoms with Crippen LogP contribution in [0.4, 0.5) is 0 Å². The molecule has 2 N–H and O–H groups in total. The summed E-state index contributed by atoms with van der Waals surface area (Å²) in [5.41, 5.74) is 4.16. The zero-order chi connectivity index (χ0) is 18.0. The van der Waals surface area contributed by atoms with Crippen molar-refractivity contribution in [3.8, 4) is 6.07 Å². The lowest BCUT2D eigenvalue weighted by Gasteiger charge is -2.14. The first-order valence-corrected chi connectivity index (χ1v) is 8.90. The van der Waals surface area contributed by atoms with Gasteiger partial charge in [-0.15, -0.1) is 11.8 Å². The van der Waals surface area contributed by atoms with Crippen LogP contribution < -0.4 is 0 Å². The summed E-state index contributed by atoms with van der Waals surface area (Å²) in [5.74, 6) is 0.431. The molecule has 3 rings (SSSR count). The molecular weight excluding hydrogens is 330 g/mol. The number of imidazole rings is 1. The minimum absolute atomic E-state index is 0.0338. The highest BCUT2D eigenvalue weighted by Gasteiger charge is 2.19. The molecule has 25 heavy (non-hydrogen) atoms. The van der Waals surface area contributed by atoms with Crippen LogP contribution in [0.25, 0.3) is 16.6 Å². The van der Waals surface area contributed by atoms with Gasteiger partial charge in [-0.25, -0.2) is 4.98 Å². The number of hydrogen-bond donors (Lipinski definition) is 2. The molecule has 1 unspecified atom stereocenters. The lowest BCUT2D eigenvalue weighted by Crippen LogP contribution is -2.05. The summed E-state index contributed by atoms with van der Waals surface area (Å²) in [5, 5.41) is 19.9. The molecule has 0 amide bonds. The molecule has 0 saturated carbocycles. The van der Waals surface area contributed by atoms with E-state index in [1.807, 2.05) is 50.2 Å². The van der Waals surface area contributed by atoms with Crippen molar-refractivity contribution in [2.45, 2.75) is 30.9 Å². The molecule has 0 aliphatic rings. The van der Waals surface area contributed by atoms with Crippen LogP contribution in [0.5, 0.6) is 0 Å². The first kappa shape index (κ1) is 17.1. The maximum Gasteiger partial charge on any atom is 0.152 e. The number of benzene rings is 2. The zero-order valence-corrected chi connectivity index (χ0v) is 15.2. The van der Waals surface area contributed by atoms with Gasteiger partial charge in [-0.05, 0) is 44.5 Å². The highest BCUT2D eigenvalue weighted by Crippen LogP contribution is 2.32. The number of aliphatic hydroxyl groups excluding tert-OH is 1. The smallest absolute Gasteiger partial charge is 0.152 e. The number of H-pyrrole nitrogens is 1. The predicted molar refractivity (Wildman–Crippen MR) is 102 cm³/mol. The van der Waals surface area contributed by atoms with E-state index in [0.717, 1.165) is 21.5 Å². The van der Waals surface area contributed by atoms with Gasteiger partial charge in [-0.1, -0.05) is 29.8 Å². The molecule has 0 spiro atoms. The van der Waals surface area contributed by atoms with Crippen molar-refractivity contribution < 1.29 is 5.11 Å². The van der Waals surface area contributed by atoms with Crippen molar-refractivity contribution >= 4 is 28.4 Å². The number of nitriles is 1. The number of aryl methyl sites for hydroxylation is 2. The monoisotopic (exact) mass is 349 g/mol. The average molecular weight is 349 g/mol. The molecule has 126 valence electrons. The molecule has 1 aromatic heterocycles. The molecule has 0 aliphatic carbocycles. The van der Waals surface area contributed by atoms with Gasteiger partial charge in [0.05, 0.1) is 16.3 Å². The van der Waals surface area contributed by atoms with Gasteiger partial charge < -0.3 is 10.1 Å². The molecule has 0 aliphatic heterocycles. The molecule has 0 bridgehead atoms. The summed E-state index contributed by atoms with van der Waals surface area (Å²) in [6.07, 6.45) is 0. The van der Waals surface area contributed by atoms with Crippen molar-refractivity contribution in [2.75, 3.05) is 0 Å². The number of aliphatic hydroxyl groups is 1. The minimum atomic E-state index is -0.260. The second-order valence-corrected chi connectivity index (χ2v) is 7.39. The van der Waals surface area contributed by atoms with Crippen LogP contribution in [0.1, 0.15) is 23.9 Å². The fourth-order valence-corrected chi connectivity index (χ4v) is 3.69. The Hall–Kier alpha value is -2.71.